The van der Waals surface area contributed by atoms with Crippen molar-refractivity contribution < 1.29 is 19.2 Å². The van der Waals surface area contributed by atoms with Gasteiger partial charge in [-0.05, 0) is 37.3 Å². The van der Waals surface area contributed by atoms with Crippen molar-refractivity contribution in [2.45, 2.75) is 76.7 Å². The zero-order valence-corrected chi connectivity index (χ0v) is 24.7. The molecule has 3 aromatic rings. The molecule has 3 aliphatic rings. The Morgan fingerprint density at radius 2 is 1.95 bits per heavy atom. The number of β-amino-alcohol motifs (C(OH)–C–C–N with tert-alkyl or cyclic N) is 1. The van der Waals surface area contributed by atoms with Crippen LogP contribution in [0.4, 0.5) is 5.82 Å². The molecule has 11 heteroatoms. The Balaban J connectivity index is 1.15. The van der Waals surface area contributed by atoms with E-state index in [0.717, 1.165) is 47.0 Å². The molecule has 5 heterocycles. The summed E-state index contributed by atoms with van der Waals surface area (Å²) >= 11 is 1.60. The molecule has 3 aliphatic heterocycles. The number of aryl methyl sites for hydroxylation is 1. The van der Waals surface area contributed by atoms with Gasteiger partial charge in [-0.15, -0.1) is 11.3 Å². The highest BCUT2D eigenvalue weighted by Crippen LogP contribution is 2.35. The van der Waals surface area contributed by atoms with E-state index in [2.05, 4.69) is 25.7 Å². The van der Waals surface area contributed by atoms with Crippen molar-refractivity contribution in [1.82, 2.24) is 25.7 Å². The van der Waals surface area contributed by atoms with Crippen LogP contribution in [0.3, 0.4) is 0 Å². The minimum Gasteiger partial charge on any atom is -0.391 e. The fraction of sp³-hybridized carbons (Fsp3) is 0.533. The topological polar surface area (TPSA) is 124 Å². The van der Waals surface area contributed by atoms with Crippen LogP contribution in [0, 0.1) is 12.8 Å². The van der Waals surface area contributed by atoms with Gasteiger partial charge in [-0.3, -0.25) is 9.59 Å². The molecule has 2 bridgehead atoms. The maximum Gasteiger partial charge on any atom is 0.243 e. The van der Waals surface area contributed by atoms with Crippen LogP contribution in [0.2, 0.25) is 0 Å². The van der Waals surface area contributed by atoms with Crippen molar-refractivity contribution in [3.8, 4) is 10.4 Å². The van der Waals surface area contributed by atoms with Crippen molar-refractivity contribution in [3.05, 3.63) is 52.9 Å². The maximum atomic E-state index is 14.0. The summed E-state index contributed by atoms with van der Waals surface area (Å²) in [5, 5.41) is 21.4. The van der Waals surface area contributed by atoms with Gasteiger partial charge in [0.1, 0.15) is 12.0 Å². The number of carbonyl (C=O) groups is 2. The summed E-state index contributed by atoms with van der Waals surface area (Å²) in [6.45, 7) is 9.77. The van der Waals surface area contributed by atoms with Gasteiger partial charge in [-0.1, -0.05) is 43.3 Å². The molecule has 6 atom stereocenters. The van der Waals surface area contributed by atoms with E-state index in [0.29, 0.717) is 17.8 Å². The third-order valence-electron chi connectivity index (χ3n) is 8.75. The molecule has 6 rings (SSSR count). The molecule has 0 radical (unpaired) electrons. The Labute approximate surface area is 244 Å². The standard InChI is InChI=1S/C30H38N6O4S/c1-16(2)27(25-11-26(34-40-25)35-13-21-9-22(35)12-31-21)30(39)36-14-23(37)10-24(36)29(38)33-17(3)19-5-7-20(8-6-19)28-18(4)32-15-41-28/h5-8,11,15-17,21-24,27,31,37H,9-10,12-14H2,1-4H3,(H,33,38)/t17?,21-,22-,23+,24-,27?/m0/s1. The minimum absolute atomic E-state index is 0.0823. The first-order chi connectivity index (χ1) is 19.7. The Kier molecular flexibility index (Phi) is 7.60. The molecule has 1 aromatic carbocycles. The number of thiazole rings is 1. The summed E-state index contributed by atoms with van der Waals surface area (Å²) in [6, 6.07) is 9.80. The second-order valence-electron chi connectivity index (χ2n) is 12.0. The Hall–Kier alpha value is -3.28. The predicted octanol–water partition coefficient (Wildman–Crippen LogP) is 3.24. The number of rotatable bonds is 8. The summed E-state index contributed by atoms with van der Waals surface area (Å²) in [7, 11) is 0. The van der Waals surface area contributed by atoms with Crippen molar-refractivity contribution in [2.24, 2.45) is 5.92 Å². The number of aliphatic hydroxyl groups excluding tert-OH is 1. The Morgan fingerprint density at radius 1 is 1.17 bits per heavy atom. The first-order valence-electron chi connectivity index (χ1n) is 14.5. The monoisotopic (exact) mass is 578 g/mol. The first-order valence-corrected chi connectivity index (χ1v) is 15.3. The lowest BCUT2D eigenvalue weighted by atomic mass is 9.91. The number of aromatic nitrogens is 2. The number of likely N-dealkylation sites (tertiary alicyclic amines) is 1. The summed E-state index contributed by atoms with van der Waals surface area (Å²) < 4.78 is 5.75. The zero-order valence-electron chi connectivity index (χ0n) is 23.9. The van der Waals surface area contributed by atoms with Crippen LogP contribution >= 0.6 is 11.3 Å². The van der Waals surface area contributed by atoms with Crippen LogP contribution < -0.4 is 15.5 Å². The fourth-order valence-corrected chi connectivity index (χ4v) is 7.33. The number of hydrogen-bond donors (Lipinski definition) is 3. The van der Waals surface area contributed by atoms with Crippen LogP contribution in [0.15, 0.2) is 40.4 Å². The molecule has 3 saturated heterocycles. The molecule has 2 amide bonds. The number of nitrogens with one attached hydrogen (secondary N) is 2. The highest BCUT2D eigenvalue weighted by atomic mass is 32.1. The average molecular weight is 579 g/mol. The van der Waals surface area contributed by atoms with Crippen LogP contribution in [0.25, 0.3) is 10.4 Å². The Morgan fingerprint density at radius 3 is 2.59 bits per heavy atom. The zero-order chi connectivity index (χ0) is 28.8. The molecular weight excluding hydrogens is 540 g/mol. The number of piperazine rings is 1. The number of aliphatic hydroxyl groups is 1. The van der Waals surface area contributed by atoms with E-state index in [4.69, 9.17) is 4.52 Å². The van der Waals surface area contributed by atoms with E-state index >= 15 is 0 Å². The molecular formula is C30H38N6O4S. The van der Waals surface area contributed by atoms with Gasteiger partial charge in [0.15, 0.2) is 11.6 Å². The number of amides is 2. The maximum absolute atomic E-state index is 14.0. The fourth-order valence-electron chi connectivity index (χ4n) is 6.52. The van der Waals surface area contributed by atoms with Crippen molar-refractivity contribution in [3.63, 3.8) is 0 Å². The number of anilines is 1. The van der Waals surface area contributed by atoms with Gasteiger partial charge in [0, 0.05) is 44.2 Å². The second kappa shape index (κ2) is 11.2. The molecule has 2 unspecified atom stereocenters. The predicted molar refractivity (Wildman–Crippen MR) is 157 cm³/mol. The van der Waals surface area contributed by atoms with Crippen LogP contribution in [0.5, 0.6) is 0 Å². The lowest BCUT2D eigenvalue weighted by molar-refractivity contribution is -0.141. The summed E-state index contributed by atoms with van der Waals surface area (Å²) in [6.07, 6.45) is 0.521. The summed E-state index contributed by atoms with van der Waals surface area (Å²) in [5.41, 5.74) is 4.88. The first kappa shape index (κ1) is 27.9. The van der Waals surface area contributed by atoms with Gasteiger partial charge < -0.3 is 30.1 Å². The molecule has 41 heavy (non-hydrogen) atoms. The lowest BCUT2D eigenvalue weighted by Gasteiger charge is -2.29. The van der Waals surface area contributed by atoms with Gasteiger partial charge >= 0.3 is 0 Å². The molecule has 0 saturated carbocycles. The Bertz CT molecular complexity index is 1400. The van der Waals surface area contributed by atoms with Crippen molar-refractivity contribution in [1.29, 1.82) is 0 Å². The number of carbonyl (C=O) groups excluding carboxylic acids is 2. The molecule has 218 valence electrons. The lowest BCUT2D eigenvalue weighted by Crippen LogP contribution is -2.48. The van der Waals surface area contributed by atoms with Gasteiger partial charge in [-0.25, -0.2) is 4.98 Å². The highest BCUT2D eigenvalue weighted by molar-refractivity contribution is 7.13. The number of benzene rings is 1. The smallest absolute Gasteiger partial charge is 0.243 e. The van der Waals surface area contributed by atoms with E-state index in [1.807, 2.05) is 63.5 Å². The van der Waals surface area contributed by atoms with E-state index in [1.54, 1.807) is 11.3 Å². The van der Waals surface area contributed by atoms with E-state index in [-0.39, 0.29) is 36.7 Å². The molecule has 3 N–H and O–H groups in total. The largest absolute Gasteiger partial charge is 0.391 e. The number of hydrogen-bond acceptors (Lipinski definition) is 9. The van der Waals surface area contributed by atoms with Crippen LogP contribution in [-0.2, 0) is 9.59 Å². The molecule has 3 fully saturated rings. The number of fused-ring (bicyclic) bond motifs is 2. The normalized spacial score (nSPS) is 25.2. The van der Waals surface area contributed by atoms with Gasteiger partial charge in [0.2, 0.25) is 11.8 Å². The number of nitrogens with zero attached hydrogens (tertiary/aromatic N) is 4. The third-order valence-corrected chi connectivity index (χ3v) is 9.73. The van der Waals surface area contributed by atoms with E-state index in [9.17, 15) is 14.7 Å². The van der Waals surface area contributed by atoms with E-state index in [1.165, 1.54) is 4.90 Å². The highest BCUT2D eigenvalue weighted by Gasteiger charge is 2.44. The van der Waals surface area contributed by atoms with E-state index < -0.39 is 18.1 Å². The minimum atomic E-state index is -0.766. The third kappa shape index (κ3) is 5.38. The van der Waals surface area contributed by atoms with Gasteiger partial charge in [0.25, 0.3) is 0 Å². The van der Waals surface area contributed by atoms with Crippen LogP contribution in [0.1, 0.15) is 62.6 Å². The van der Waals surface area contributed by atoms with Gasteiger partial charge in [-0.2, -0.15) is 0 Å². The quantitative estimate of drug-likeness (QED) is 0.372. The SMILES string of the molecule is Cc1ncsc1-c1ccc(C(C)NC(=O)[C@@H]2C[C@@H](O)CN2C(=O)C(c2cc(N3C[C@@H]4C[C@H]3CN4)no2)C(C)C)cc1. The molecule has 0 aliphatic carbocycles. The van der Waals surface area contributed by atoms with Crippen LogP contribution in [-0.4, -0.2) is 75.8 Å². The van der Waals surface area contributed by atoms with Crippen molar-refractivity contribution in [2.75, 3.05) is 24.5 Å². The average Bonchev–Trinajstić information content (AvgIpc) is 3.77. The van der Waals surface area contributed by atoms with Gasteiger partial charge in [0.05, 0.1) is 28.2 Å². The molecule has 10 nitrogen and oxygen atoms in total. The molecule has 0 spiro atoms. The summed E-state index contributed by atoms with van der Waals surface area (Å²) in [5.74, 6) is 0.0811. The second-order valence-corrected chi connectivity index (χ2v) is 12.8. The molecule has 2 aromatic heterocycles. The summed E-state index contributed by atoms with van der Waals surface area (Å²) in [4.78, 5) is 36.7. The van der Waals surface area contributed by atoms with Crippen molar-refractivity contribution >= 4 is 29.0 Å².